The lowest BCUT2D eigenvalue weighted by Crippen LogP contribution is -2.52. The van der Waals surface area contributed by atoms with Gasteiger partial charge in [-0.3, -0.25) is 13.9 Å². The summed E-state index contributed by atoms with van der Waals surface area (Å²) in [5.41, 5.74) is 0.836. The normalized spacial score (nSPS) is 12.5. The van der Waals surface area contributed by atoms with Crippen molar-refractivity contribution < 1.29 is 22.7 Å². The third kappa shape index (κ3) is 9.02. The molecular weight excluding hydrogens is 502 g/mol. The molecule has 2 aromatic carbocycles. The Kier molecular flexibility index (Phi) is 10.2. The molecule has 36 heavy (non-hydrogen) atoms. The number of amides is 2. The molecule has 0 radical (unpaired) electrons. The van der Waals surface area contributed by atoms with E-state index in [0.29, 0.717) is 16.5 Å². The van der Waals surface area contributed by atoms with E-state index < -0.39 is 21.6 Å². The van der Waals surface area contributed by atoms with Gasteiger partial charge in [-0.05, 0) is 76.1 Å². The first-order chi connectivity index (χ1) is 16.7. The smallest absolute Gasteiger partial charge is 0.242 e. The SMILES string of the molecule is COc1cccc(CN(C(=O)CCCN(c2ccc(Cl)cc2)S(C)(=O)=O)[C@@H](C)C(=O)NC(C)(C)C)c1. The van der Waals surface area contributed by atoms with Crippen LogP contribution in [0.25, 0.3) is 0 Å². The molecule has 8 nitrogen and oxygen atoms in total. The fraction of sp³-hybridized carbons (Fsp3) is 0.462. The number of sulfonamides is 1. The number of carbonyl (C=O) groups is 2. The number of methoxy groups -OCH3 is 1. The molecule has 1 N–H and O–H groups in total. The fourth-order valence-corrected chi connectivity index (χ4v) is 4.73. The van der Waals surface area contributed by atoms with Gasteiger partial charge in [0.25, 0.3) is 0 Å². The summed E-state index contributed by atoms with van der Waals surface area (Å²) in [4.78, 5) is 27.8. The first kappa shape index (κ1) is 29.5. The molecule has 0 saturated carbocycles. The first-order valence-corrected chi connectivity index (χ1v) is 13.9. The van der Waals surface area contributed by atoms with Crippen molar-refractivity contribution in [2.75, 3.05) is 24.2 Å². The highest BCUT2D eigenvalue weighted by molar-refractivity contribution is 7.92. The lowest BCUT2D eigenvalue weighted by Gasteiger charge is -2.32. The van der Waals surface area contributed by atoms with Crippen molar-refractivity contribution in [3.63, 3.8) is 0 Å². The van der Waals surface area contributed by atoms with Gasteiger partial charge >= 0.3 is 0 Å². The van der Waals surface area contributed by atoms with Crippen LogP contribution in [-0.2, 0) is 26.2 Å². The number of rotatable bonds is 11. The zero-order valence-corrected chi connectivity index (χ0v) is 23.3. The maximum absolute atomic E-state index is 13.4. The number of hydrogen-bond acceptors (Lipinski definition) is 5. The quantitative estimate of drug-likeness (QED) is 0.463. The van der Waals surface area contributed by atoms with Crippen LogP contribution in [0.3, 0.4) is 0 Å². The van der Waals surface area contributed by atoms with Crippen molar-refractivity contribution in [3.8, 4) is 5.75 Å². The summed E-state index contributed by atoms with van der Waals surface area (Å²) in [5.74, 6) is 0.134. The average molecular weight is 538 g/mol. The molecule has 0 unspecified atom stereocenters. The summed E-state index contributed by atoms with van der Waals surface area (Å²) in [5, 5.41) is 3.43. The van der Waals surface area contributed by atoms with Gasteiger partial charge in [0, 0.05) is 30.1 Å². The summed E-state index contributed by atoms with van der Waals surface area (Å²) >= 11 is 5.93. The highest BCUT2D eigenvalue weighted by Gasteiger charge is 2.28. The van der Waals surface area contributed by atoms with Crippen LogP contribution in [0.5, 0.6) is 5.75 Å². The van der Waals surface area contributed by atoms with E-state index in [1.54, 1.807) is 38.3 Å². The zero-order valence-electron chi connectivity index (χ0n) is 21.7. The van der Waals surface area contributed by atoms with E-state index in [1.807, 2.05) is 45.0 Å². The molecule has 0 aromatic heterocycles. The van der Waals surface area contributed by atoms with Gasteiger partial charge in [-0.1, -0.05) is 23.7 Å². The van der Waals surface area contributed by atoms with Gasteiger partial charge in [0.05, 0.1) is 19.1 Å². The molecule has 10 heteroatoms. The minimum atomic E-state index is -3.57. The standard InChI is InChI=1S/C26H36ClN3O5S/c1-19(25(32)28-26(2,3)4)29(18-20-9-7-10-23(17-20)35-5)24(31)11-8-16-30(36(6,33)34)22-14-12-21(27)13-15-22/h7,9-10,12-15,17,19H,8,11,16,18H2,1-6H3,(H,28,32)/t19-/m0/s1. The van der Waals surface area contributed by atoms with Crippen LogP contribution < -0.4 is 14.4 Å². The van der Waals surface area contributed by atoms with Crippen LogP contribution in [0, 0.1) is 0 Å². The Balaban J connectivity index is 2.20. The van der Waals surface area contributed by atoms with Crippen LogP contribution in [0.4, 0.5) is 5.69 Å². The highest BCUT2D eigenvalue weighted by Crippen LogP contribution is 2.22. The van der Waals surface area contributed by atoms with E-state index in [1.165, 1.54) is 9.21 Å². The van der Waals surface area contributed by atoms with E-state index in [4.69, 9.17) is 16.3 Å². The van der Waals surface area contributed by atoms with Gasteiger partial charge in [-0.15, -0.1) is 0 Å². The van der Waals surface area contributed by atoms with E-state index in [2.05, 4.69) is 5.32 Å². The Bertz CT molecular complexity index is 1150. The second-order valence-corrected chi connectivity index (χ2v) is 12.0. The van der Waals surface area contributed by atoms with Crippen molar-refractivity contribution in [1.29, 1.82) is 0 Å². The second kappa shape index (κ2) is 12.5. The minimum absolute atomic E-state index is 0.0662. The van der Waals surface area contributed by atoms with Crippen LogP contribution in [0.15, 0.2) is 48.5 Å². The lowest BCUT2D eigenvalue weighted by molar-refractivity contribution is -0.141. The minimum Gasteiger partial charge on any atom is -0.497 e. The third-order valence-electron chi connectivity index (χ3n) is 5.42. The first-order valence-electron chi connectivity index (χ1n) is 11.7. The Morgan fingerprint density at radius 2 is 1.75 bits per heavy atom. The van der Waals surface area contributed by atoms with Crippen molar-refractivity contribution in [2.45, 2.75) is 58.7 Å². The number of carbonyl (C=O) groups excluding carboxylic acids is 2. The van der Waals surface area contributed by atoms with E-state index >= 15 is 0 Å². The average Bonchev–Trinajstić information content (AvgIpc) is 2.78. The highest BCUT2D eigenvalue weighted by atomic mass is 35.5. The molecule has 0 aliphatic carbocycles. The summed E-state index contributed by atoms with van der Waals surface area (Å²) in [6.45, 7) is 7.65. The molecule has 0 fully saturated rings. The number of nitrogens with zero attached hydrogens (tertiary/aromatic N) is 2. The number of ether oxygens (including phenoxy) is 1. The molecule has 2 aromatic rings. The molecule has 0 spiro atoms. The number of hydrogen-bond donors (Lipinski definition) is 1. The zero-order chi connectivity index (χ0) is 27.1. The number of anilines is 1. The molecule has 0 heterocycles. The van der Waals surface area contributed by atoms with Crippen molar-refractivity contribution >= 4 is 39.1 Å². The third-order valence-corrected chi connectivity index (χ3v) is 6.87. The molecule has 2 amide bonds. The van der Waals surface area contributed by atoms with Gasteiger partial charge in [0.2, 0.25) is 21.8 Å². The molecule has 1 atom stereocenters. The van der Waals surface area contributed by atoms with Crippen molar-refractivity contribution in [1.82, 2.24) is 10.2 Å². The fourth-order valence-electron chi connectivity index (χ4n) is 3.64. The van der Waals surface area contributed by atoms with Crippen LogP contribution in [0.1, 0.15) is 46.1 Å². The lowest BCUT2D eigenvalue weighted by atomic mass is 10.1. The van der Waals surface area contributed by atoms with E-state index in [9.17, 15) is 18.0 Å². The maximum atomic E-state index is 13.4. The number of nitrogens with one attached hydrogen (secondary N) is 1. The molecule has 0 saturated heterocycles. The molecule has 0 aliphatic heterocycles. The Morgan fingerprint density at radius 3 is 2.31 bits per heavy atom. The second-order valence-electron chi connectivity index (χ2n) is 9.70. The Labute approximate surface area is 219 Å². The van der Waals surface area contributed by atoms with Crippen molar-refractivity contribution in [2.24, 2.45) is 0 Å². The van der Waals surface area contributed by atoms with Crippen LogP contribution >= 0.6 is 11.6 Å². The molecule has 2 rings (SSSR count). The summed E-state index contributed by atoms with van der Waals surface area (Å²) in [6.07, 6.45) is 1.46. The molecule has 198 valence electrons. The van der Waals surface area contributed by atoms with Gasteiger partial charge in [-0.2, -0.15) is 0 Å². The van der Waals surface area contributed by atoms with Gasteiger partial charge < -0.3 is 15.0 Å². The molecular formula is C26H36ClN3O5S. The summed E-state index contributed by atoms with van der Waals surface area (Å²) < 4.78 is 31.3. The topological polar surface area (TPSA) is 96.0 Å². The van der Waals surface area contributed by atoms with E-state index in [0.717, 1.165) is 11.8 Å². The van der Waals surface area contributed by atoms with Gasteiger partial charge in [0.15, 0.2) is 0 Å². The van der Waals surface area contributed by atoms with Crippen LogP contribution in [-0.4, -0.2) is 56.6 Å². The molecule has 0 bridgehead atoms. The van der Waals surface area contributed by atoms with Gasteiger partial charge in [0.1, 0.15) is 11.8 Å². The largest absolute Gasteiger partial charge is 0.497 e. The number of halogens is 1. The van der Waals surface area contributed by atoms with E-state index in [-0.39, 0.29) is 37.7 Å². The van der Waals surface area contributed by atoms with Gasteiger partial charge in [-0.25, -0.2) is 8.42 Å². The predicted octanol–water partition coefficient (Wildman–Crippen LogP) is 4.23. The summed E-state index contributed by atoms with van der Waals surface area (Å²) in [7, 11) is -2.00. The Hall–Kier alpha value is -2.78. The monoisotopic (exact) mass is 537 g/mol. The summed E-state index contributed by atoms with van der Waals surface area (Å²) in [6, 6.07) is 13.1. The maximum Gasteiger partial charge on any atom is 0.242 e. The number of benzene rings is 2. The van der Waals surface area contributed by atoms with Crippen molar-refractivity contribution in [3.05, 3.63) is 59.1 Å². The Morgan fingerprint density at radius 1 is 1.11 bits per heavy atom. The predicted molar refractivity (Wildman–Crippen MR) is 144 cm³/mol. The molecule has 0 aliphatic rings. The van der Waals surface area contributed by atoms with Crippen LogP contribution in [0.2, 0.25) is 5.02 Å².